The number of fused-ring (bicyclic) bond motifs is 5. The summed E-state index contributed by atoms with van der Waals surface area (Å²) in [6, 6.07) is 14.8. The third kappa shape index (κ3) is 2.74. The standard InChI is InChI=1S/C23H13F3N6/c24-23(25,26)16-4-1-5-17(10-16)32-21-18-9-14(15-3-2-8-27-11-15)6-7-19(18)28-12-20(21)31-13-29-30-22(31)32/h1-13H. The molecular weight excluding hydrogens is 417 g/mol. The van der Waals surface area contributed by atoms with E-state index < -0.39 is 11.7 Å². The summed E-state index contributed by atoms with van der Waals surface area (Å²) in [7, 11) is 0. The topological polar surface area (TPSA) is 60.9 Å². The Morgan fingerprint density at radius 3 is 2.59 bits per heavy atom. The van der Waals surface area contributed by atoms with Gasteiger partial charge in [-0.05, 0) is 42.0 Å². The van der Waals surface area contributed by atoms with Crippen LogP contribution in [-0.4, -0.2) is 29.1 Å². The van der Waals surface area contributed by atoms with Crippen LogP contribution in [0, 0.1) is 0 Å². The summed E-state index contributed by atoms with van der Waals surface area (Å²) in [4.78, 5) is 8.73. The van der Waals surface area contributed by atoms with Crippen LogP contribution >= 0.6 is 0 Å². The molecule has 0 unspecified atom stereocenters. The van der Waals surface area contributed by atoms with E-state index in [1.165, 1.54) is 12.4 Å². The Balaban J connectivity index is 1.72. The van der Waals surface area contributed by atoms with Crippen molar-refractivity contribution in [3.63, 3.8) is 0 Å². The molecular formula is C23H13F3N6. The summed E-state index contributed by atoms with van der Waals surface area (Å²) in [5, 5.41) is 8.90. The minimum atomic E-state index is -4.46. The summed E-state index contributed by atoms with van der Waals surface area (Å²) in [6.45, 7) is 0. The molecule has 0 N–H and O–H groups in total. The first-order valence-corrected chi connectivity index (χ1v) is 9.72. The molecule has 6 aromatic rings. The van der Waals surface area contributed by atoms with Crippen LogP contribution in [0.1, 0.15) is 5.56 Å². The molecule has 6 rings (SSSR count). The molecule has 0 aliphatic carbocycles. The average Bonchev–Trinajstić information content (AvgIpc) is 3.40. The predicted octanol–water partition coefficient (Wildman–Crippen LogP) is 5.30. The van der Waals surface area contributed by atoms with E-state index >= 15 is 0 Å². The van der Waals surface area contributed by atoms with E-state index in [2.05, 4.69) is 20.2 Å². The number of aromatic nitrogens is 6. The zero-order valence-electron chi connectivity index (χ0n) is 16.3. The van der Waals surface area contributed by atoms with Gasteiger partial charge in [0, 0.05) is 29.0 Å². The van der Waals surface area contributed by atoms with Gasteiger partial charge >= 0.3 is 6.18 Å². The van der Waals surface area contributed by atoms with Gasteiger partial charge in [0.1, 0.15) is 6.33 Å². The molecule has 0 atom stereocenters. The number of hydrogen-bond donors (Lipinski definition) is 0. The van der Waals surface area contributed by atoms with Crippen molar-refractivity contribution in [1.29, 1.82) is 0 Å². The van der Waals surface area contributed by atoms with Gasteiger partial charge in [0.05, 0.1) is 28.3 Å². The first kappa shape index (κ1) is 18.5. The molecule has 4 aromatic heterocycles. The highest BCUT2D eigenvalue weighted by atomic mass is 19.4. The van der Waals surface area contributed by atoms with E-state index in [9.17, 15) is 13.2 Å². The Hall–Kier alpha value is -4.27. The molecule has 2 aromatic carbocycles. The van der Waals surface area contributed by atoms with Crippen LogP contribution in [0.2, 0.25) is 0 Å². The number of pyridine rings is 2. The Labute approximate surface area is 178 Å². The number of halogens is 3. The number of alkyl halides is 3. The second-order valence-corrected chi connectivity index (χ2v) is 7.35. The number of imidazole rings is 1. The SMILES string of the molecule is FC(F)(F)c1cccc(-n2c3c4cc(-c5cccnc5)ccc4ncc3n3cnnc23)c1. The van der Waals surface area contributed by atoms with E-state index in [1.54, 1.807) is 33.6 Å². The van der Waals surface area contributed by atoms with Crippen LogP contribution in [0.4, 0.5) is 13.2 Å². The molecule has 0 aliphatic heterocycles. The number of nitrogens with zero attached hydrogens (tertiary/aromatic N) is 6. The lowest BCUT2D eigenvalue weighted by Crippen LogP contribution is -2.06. The number of benzene rings is 2. The highest BCUT2D eigenvalue weighted by molar-refractivity contribution is 6.06. The molecule has 0 radical (unpaired) electrons. The number of rotatable bonds is 2. The Morgan fingerprint density at radius 1 is 0.875 bits per heavy atom. The van der Waals surface area contributed by atoms with Crippen LogP contribution in [-0.2, 0) is 6.18 Å². The lowest BCUT2D eigenvalue weighted by molar-refractivity contribution is -0.137. The molecule has 0 saturated carbocycles. The molecule has 0 aliphatic rings. The lowest BCUT2D eigenvalue weighted by Gasteiger charge is -2.11. The molecule has 4 heterocycles. The average molecular weight is 430 g/mol. The monoisotopic (exact) mass is 430 g/mol. The van der Waals surface area contributed by atoms with Gasteiger partial charge in [-0.3, -0.25) is 18.9 Å². The van der Waals surface area contributed by atoms with Gasteiger partial charge in [-0.25, -0.2) is 0 Å². The summed E-state index contributed by atoms with van der Waals surface area (Å²) in [5.41, 5.74) is 3.56. The summed E-state index contributed by atoms with van der Waals surface area (Å²) >= 11 is 0. The molecule has 0 bridgehead atoms. The van der Waals surface area contributed by atoms with Gasteiger partial charge < -0.3 is 0 Å². The summed E-state index contributed by atoms with van der Waals surface area (Å²) in [5.74, 6) is 0.403. The van der Waals surface area contributed by atoms with Crippen molar-refractivity contribution in [2.45, 2.75) is 6.18 Å². The van der Waals surface area contributed by atoms with Gasteiger partial charge in [-0.2, -0.15) is 13.2 Å². The van der Waals surface area contributed by atoms with Gasteiger partial charge in [-0.15, -0.1) is 10.2 Å². The molecule has 6 nitrogen and oxygen atoms in total. The highest BCUT2D eigenvalue weighted by Gasteiger charge is 2.31. The third-order valence-electron chi connectivity index (χ3n) is 5.46. The maximum absolute atomic E-state index is 13.4. The Bertz CT molecular complexity index is 1620. The fourth-order valence-corrected chi connectivity index (χ4v) is 4.01. The van der Waals surface area contributed by atoms with Crippen molar-refractivity contribution in [1.82, 2.24) is 29.1 Å². The molecule has 32 heavy (non-hydrogen) atoms. The fourth-order valence-electron chi connectivity index (χ4n) is 4.01. The minimum absolute atomic E-state index is 0.340. The van der Waals surface area contributed by atoms with Crippen molar-refractivity contribution >= 4 is 27.7 Å². The molecule has 0 amide bonds. The quantitative estimate of drug-likeness (QED) is 0.374. The largest absolute Gasteiger partial charge is 0.416 e. The zero-order valence-corrected chi connectivity index (χ0v) is 16.3. The fraction of sp³-hybridized carbons (Fsp3) is 0.0435. The summed E-state index contributed by atoms with van der Waals surface area (Å²) in [6.07, 6.45) is 2.21. The van der Waals surface area contributed by atoms with Gasteiger partial charge in [-0.1, -0.05) is 18.2 Å². The second kappa shape index (κ2) is 6.61. The zero-order chi connectivity index (χ0) is 21.9. The van der Waals surface area contributed by atoms with Gasteiger partial charge in [0.15, 0.2) is 0 Å². The van der Waals surface area contributed by atoms with E-state index in [1.807, 2.05) is 30.3 Å². The van der Waals surface area contributed by atoms with Crippen molar-refractivity contribution in [3.8, 4) is 16.8 Å². The highest BCUT2D eigenvalue weighted by Crippen LogP contribution is 2.35. The molecule has 0 saturated heterocycles. The molecule has 0 spiro atoms. The normalized spacial score (nSPS) is 12.2. The van der Waals surface area contributed by atoms with Crippen molar-refractivity contribution in [2.24, 2.45) is 0 Å². The predicted molar refractivity (Wildman–Crippen MR) is 113 cm³/mol. The van der Waals surface area contributed by atoms with Crippen LogP contribution in [0.25, 0.3) is 44.5 Å². The summed E-state index contributed by atoms with van der Waals surface area (Å²) < 4.78 is 43.6. The van der Waals surface area contributed by atoms with Crippen LogP contribution in [0.3, 0.4) is 0 Å². The lowest BCUT2D eigenvalue weighted by atomic mass is 10.0. The molecule has 0 fully saturated rings. The smallest absolute Gasteiger partial charge is 0.276 e. The van der Waals surface area contributed by atoms with Crippen molar-refractivity contribution in [3.05, 3.63) is 85.1 Å². The Kier molecular flexibility index (Phi) is 3.82. The van der Waals surface area contributed by atoms with Crippen LogP contribution < -0.4 is 0 Å². The van der Waals surface area contributed by atoms with Crippen LogP contribution in [0.15, 0.2) is 79.5 Å². The van der Waals surface area contributed by atoms with Crippen molar-refractivity contribution in [2.75, 3.05) is 0 Å². The van der Waals surface area contributed by atoms with E-state index in [0.29, 0.717) is 28.0 Å². The number of hydrogen-bond acceptors (Lipinski definition) is 4. The molecule has 156 valence electrons. The second-order valence-electron chi connectivity index (χ2n) is 7.35. The van der Waals surface area contributed by atoms with E-state index in [4.69, 9.17) is 0 Å². The first-order valence-electron chi connectivity index (χ1n) is 9.72. The van der Waals surface area contributed by atoms with E-state index in [-0.39, 0.29) is 0 Å². The first-order chi connectivity index (χ1) is 15.5. The van der Waals surface area contributed by atoms with Crippen LogP contribution in [0.5, 0.6) is 0 Å². The Morgan fingerprint density at radius 2 is 1.78 bits per heavy atom. The third-order valence-corrected chi connectivity index (χ3v) is 5.46. The van der Waals surface area contributed by atoms with Gasteiger partial charge in [0.2, 0.25) is 5.78 Å². The maximum Gasteiger partial charge on any atom is 0.416 e. The molecule has 9 heteroatoms. The maximum atomic E-state index is 13.4. The van der Waals surface area contributed by atoms with Crippen molar-refractivity contribution < 1.29 is 13.2 Å². The van der Waals surface area contributed by atoms with Gasteiger partial charge in [0.25, 0.3) is 0 Å². The minimum Gasteiger partial charge on any atom is -0.276 e. The van der Waals surface area contributed by atoms with E-state index in [0.717, 1.165) is 28.6 Å².